The molecule has 0 radical (unpaired) electrons. The number of hydrogen-bond donors (Lipinski definition) is 1. The minimum atomic E-state index is 0.745. The van der Waals surface area contributed by atoms with Crippen molar-refractivity contribution < 1.29 is 0 Å². The first-order valence-corrected chi connectivity index (χ1v) is 8.55. The van der Waals surface area contributed by atoms with Gasteiger partial charge in [0.2, 0.25) is 0 Å². The lowest BCUT2D eigenvalue weighted by Crippen LogP contribution is -2.45. The van der Waals surface area contributed by atoms with Gasteiger partial charge in [0.15, 0.2) is 0 Å². The number of anilines is 1. The highest BCUT2D eigenvalue weighted by atomic mass is 14.6. The van der Waals surface area contributed by atoms with Crippen molar-refractivity contribution in [2.24, 2.45) is 23.2 Å². The SMILES string of the molecule is Nc1cccc(CCCC23CC4CC(CC(C4)C2)C3)c1. The molecule has 0 aliphatic heterocycles. The van der Waals surface area contributed by atoms with E-state index in [0.717, 1.165) is 28.9 Å². The molecule has 5 rings (SSSR count). The molecule has 4 bridgehead atoms. The molecule has 0 heterocycles. The lowest BCUT2D eigenvalue weighted by Gasteiger charge is -2.57. The van der Waals surface area contributed by atoms with Crippen molar-refractivity contribution in [1.82, 2.24) is 0 Å². The molecular weight excluding hydrogens is 242 g/mol. The smallest absolute Gasteiger partial charge is 0.0316 e. The molecule has 1 heteroatoms. The van der Waals surface area contributed by atoms with Gasteiger partial charge in [0.25, 0.3) is 0 Å². The van der Waals surface area contributed by atoms with E-state index in [-0.39, 0.29) is 0 Å². The fourth-order valence-electron chi connectivity index (χ4n) is 6.01. The molecule has 20 heavy (non-hydrogen) atoms. The average molecular weight is 269 g/mol. The Balaban J connectivity index is 1.37. The molecule has 108 valence electrons. The fraction of sp³-hybridized carbons (Fsp3) is 0.684. The maximum Gasteiger partial charge on any atom is 0.0316 e. The molecule has 0 saturated heterocycles. The largest absolute Gasteiger partial charge is 0.399 e. The van der Waals surface area contributed by atoms with Crippen LogP contribution in [0.5, 0.6) is 0 Å². The quantitative estimate of drug-likeness (QED) is 0.780. The van der Waals surface area contributed by atoms with E-state index in [9.17, 15) is 0 Å². The zero-order chi connectivity index (χ0) is 13.6. The predicted octanol–water partition coefficient (Wildman–Crippen LogP) is 4.81. The Morgan fingerprint density at radius 3 is 2.25 bits per heavy atom. The van der Waals surface area contributed by atoms with E-state index in [2.05, 4.69) is 18.2 Å². The van der Waals surface area contributed by atoms with Gasteiger partial charge >= 0.3 is 0 Å². The average Bonchev–Trinajstić information content (AvgIpc) is 2.36. The van der Waals surface area contributed by atoms with Crippen molar-refractivity contribution >= 4 is 5.69 Å². The van der Waals surface area contributed by atoms with Gasteiger partial charge in [0.1, 0.15) is 0 Å². The van der Waals surface area contributed by atoms with E-state index in [1.165, 1.54) is 24.8 Å². The van der Waals surface area contributed by atoms with E-state index >= 15 is 0 Å². The van der Waals surface area contributed by atoms with E-state index < -0.39 is 0 Å². The normalized spacial score (nSPS) is 38.3. The van der Waals surface area contributed by atoms with Crippen LogP contribution >= 0.6 is 0 Å². The number of rotatable bonds is 4. The first kappa shape index (κ1) is 12.7. The number of aryl methyl sites for hydroxylation is 1. The van der Waals surface area contributed by atoms with Crippen LogP contribution in [0, 0.1) is 23.2 Å². The van der Waals surface area contributed by atoms with E-state index in [1.807, 2.05) is 6.07 Å². The minimum Gasteiger partial charge on any atom is -0.399 e. The summed E-state index contributed by atoms with van der Waals surface area (Å²) in [6, 6.07) is 8.47. The highest BCUT2D eigenvalue weighted by Gasteiger charge is 2.50. The Bertz CT molecular complexity index is 455. The van der Waals surface area contributed by atoms with Crippen molar-refractivity contribution in [3.05, 3.63) is 29.8 Å². The molecule has 4 aliphatic rings. The standard InChI is InChI=1S/C19H27N/c20-18-5-1-3-14(10-18)4-2-6-19-11-15-7-16(12-19)9-17(8-15)13-19/h1,3,5,10,15-17H,2,4,6-9,11-13,20H2. The Kier molecular flexibility index (Phi) is 3.05. The summed E-state index contributed by atoms with van der Waals surface area (Å²) in [6.45, 7) is 0. The van der Waals surface area contributed by atoms with E-state index in [1.54, 1.807) is 38.5 Å². The van der Waals surface area contributed by atoms with Crippen LogP contribution in [0.1, 0.15) is 56.9 Å². The van der Waals surface area contributed by atoms with Crippen molar-refractivity contribution in [3.8, 4) is 0 Å². The Morgan fingerprint density at radius 2 is 1.65 bits per heavy atom. The van der Waals surface area contributed by atoms with Gasteiger partial charge < -0.3 is 5.73 Å². The minimum absolute atomic E-state index is 0.745. The highest BCUT2D eigenvalue weighted by Crippen LogP contribution is 2.61. The van der Waals surface area contributed by atoms with Gasteiger partial charge in [-0.3, -0.25) is 0 Å². The first-order chi connectivity index (χ1) is 9.71. The number of nitrogens with two attached hydrogens (primary N) is 1. The third-order valence-corrected chi connectivity index (χ3v) is 6.29. The Morgan fingerprint density at radius 1 is 1.00 bits per heavy atom. The molecule has 2 N–H and O–H groups in total. The maximum atomic E-state index is 5.88. The second kappa shape index (κ2) is 4.79. The van der Waals surface area contributed by atoms with Crippen LogP contribution in [0.3, 0.4) is 0 Å². The molecule has 4 aliphatic carbocycles. The van der Waals surface area contributed by atoms with Gasteiger partial charge in [-0.25, -0.2) is 0 Å². The second-order valence-electron chi connectivity index (χ2n) is 8.02. The van der Waals surface area contributed by atoms with Gasteiger partial charge in [0, 0.05) is 5.69 Å². The molecule has 1 aromatic carbocycles. The van der Waals surface area contributed by atoms with Crippen molar-refractivity contribution in [3.63, 3.8) is 0 Å². The summed E-state index contributed by atoms with van der Waals surface area (Å²) in [5.41, 5.74) is 8.96. The van der Waals surface area contributed by atoms with Crippen molar-refractivity contribution in [2.45, 2.75) is 57.8 Å². The molecule has 1 nitrogen and oxygen atoms in total. The molecule has 0 aromatic heterocycles. The van der Waals surface area contributed by atoms with Crippen LogP contribution in [0.15, 0.2) is 24.3 Å². The van der Waals surface area contributed by atoms with Crippen LogP contribution in [0.25, 0.3) is 0 Å². The van der Waals surface area contributed by atoms with Gasteiger partial charge in [-0.2, -0.15) is 0 Å². The summed E-state index contributed by atoms with van der Waals surface area (Å²) < 4.78 is 0. The fourth-order valence-corrected chi connectivity index (χ4v) is 6.01. The van der Waals surface area contributed by atoms with E-state index in [0.29, 0.717) is 0 Å². The molecule has 4 fully saturated rings. The van der Waals surface area contributed by atoms with Gasteiger partial charge in [-0.1, -0.05) is 12.1 Å². The van der Waals surface area contributed by atoms with Crippen LogP contribution < -0.4 is 5.73 Å². The van der Waals surface area contributed by atoms with E-state index in [4.69, 9.17) is 5.73 Å². The zero-order valence-corrected chi connectivity index (χ0v) is 12.5. The molecule has 0 spiro atoms. The number of hydrogen-bond acceptors (Lipinski definition) is 1. The second-order valence-corrected chi connectivity index (χ2v) is 8.02. The van der Waals surface area contributed by atoms with Crippen molar-refractivity contribution in [2.75, 3.05) is 5.73 Å². The van der Waals surface area contributed by atoms with Gasteiger partial charge in [-0.05, 0) is 98.7 Å². The Labute approximate surface area is 122 Å². The maximum absolute atomic E-state index is 5.88. The lowest BCUT2D eigenvalue weighted by atomic mass is 9.48. The van der Waals surface area contributed by atoms with Gasteiger partial charge in [0.05, 0.1) is 0 Å². The molecule has 4 saturated carbocycles. The topological polar surface area (TPSA) is 26.0 Å². The third-order valence-electron chi connectivity index (χ3n) is 6.29. The van der Waals surface area contributed by atoms with Crippen LogP contribution in [0.4, 0.5) is 5.69 Å². The molecular formula is C19H27N. The molecule has 0 atom stereocenters. The molecule has 0 unspecified atom stereocenters. The summed E-state index contributed by atoms with van der Waals surface area (Å²) in [5, 5.41) is 0. The van der Waals surface area contributed by atoms with Crippen LogP contribution in [-0.4, -0.2) is 0 Å². The zero-order valence-electron chi connectivity index (χ0n) is 12.5. The highest BCUT2D eigenvalue weighted by molar-refractivity contribution is 5.40. The van der Waals surface area contributed by atoms with Crippen LogP contribution in [-0.2, 0) is 6.42 Å². The van der Waals surface area contributed by atoms with Crippen molar-refractivity contribution in [1.29, 1.82) is 0 Å². The lowest BCUT2D eigenvalue weighted by molar-refractivity contribution is -0.0580. The number of benzene rings is 1. The summed E-state index contributed by atoms with van der Waals surface area (Å²) in [6.07, 6.45) is 13.4. The summed E-state index contributed by atoms with van der Waals surface area (Å²) in [4.78, 5) is 0. The van der Waals surface area contributed by atoms with Gasteiger partial charge in [-0.15, -0.1) is 0 Å². The monoisotopic (exact) mass is 269 g/mol. The summed E-state index contributed by atoms with van der Waals surface area (Å²) >= 11 is 0. The molecule has 1 aromatic rings. The molecule has 0 amide bonds. The summed E-state index contributed by atoms with van der Waals surface area (Å²) in [5.74, 6) is 3.27. The summed E-state index contributed by atoms with van der Waals surface area (Å²) in [7, 11) is 0. The first-order valence-electron chi connectivity index (χ1n) is 8.55. The predicted molar refractivity (Wildman–Crippen MR) is 84.4 cm³/mol. The number of nitrogen functional groups attached to an aromatic ring is 1. The Hall–Kier alpha value is -0.980. The van der Waals surface area contributed by atoms with Crippen LogP contribution in [0.2, 0.25) is 0 Å². The third kappa shape index (κ3) is 2.36.